The van der Waals surface area contributed by atoms with Crippen LogP contribution in [-0.2, 0) is 26.7 Å². The van der Waals surface area contributed by atoms with Crippen molar-refractivity contribution in [3.63, 3.8) is 0 Å². The molecule has 0 bridgehead atoms. The van der Waals surface area contributed by atoms with Gasteiger partial charge in [-0.25, -0.2) is 19.1 Å². The molecular formula is C24H27F3N4O6S. The minimum atomic E-state index is -4.49. The van der Waals surface area contributed by atoms with E-state index >= 15 is 0 Å². The predicted octanol–water partition coefficient (Wildman–Crippen LogP) is 4.10. The van der Waals surface area contributed by atoms with E-state index in [1.165, 1.54) is 28.8 Å². The second-order valence-electron chi connectivity index (χ2n) is 8.04. The number of carbonyl (C=O) groups is 2. The Morgan fingerprint density at radius 2 is 1.89 bits per heavy atom. The average Bonchev–Trinajstić information content (AvgIpc) is 3.26. The van der Waals surface area contributed by atoms with Crippen molar-refractivity contribution >= 4 is 34.0 Å². The molecule has 1 unspecified atom stereocenters. The van der Waals surface area contributed by atoms with Gasteiger partial charge in [-0.15, -0.1) is 0 Å². The van der Waals surface area contributed by atoms with Gasteiger partial charge in [-0.1, -0.05) is 12.1 Å². The lowest BCUT2D eigenvalue weighted by molar-refractivity contribution is -0.153. The number of fused-ring (bicyclic) bond motifs is 1. The molecule has 0 aliphatic rings. The van der Waals surface area contributed by atoms with Gasteiger partial charge in [0.05, 0.1) is 35.0 Å². The Bertz CT molecular complexity index is 1310. The van der Waals surface area contributed by atoms with Gasteiger partial charge in [-0.05, 0) is 32.0 Å². The second-order valence-corrected chi connectivity index (χ2v) is 9.50. The third-order valence-electron chi connectivity index (χ3n) is 5.33. The first-order valence-electron chi connectivity index (χ1n) is 11.6. The molecule has 38 heavy (non-hydrogen) atoms. The number of likely N-dealkylation sites (N-methyl/N-ethyl adjacent to an activating group) is 1. The third kappa shape index (κ3) is 7.43. The maximum Gasteiger partial charge on any atom is 0.508 e. The van der Waals surface area contributed by atoms with E-state index in [-0.39, 0.29) is 42.8 Å². The van der Waals surface area contributed by atoms with Crippen molar-refractivity contribution < 1.29 is 41.2 Å². The van der Waals surface area contributed by atoms with Crippen molar-refractivity contribution in [1.82, 2.24) is 19.4 Å². The highest BCUT2D eigenvalue weighted by atomic mass is 32.2. The summed E-state index contributed by atoms with van der Waals surface area (Å²) in [7, 11) is -0.277. The van der Waals surface area contributed by atoms with Gasteiger partial charge < -0.3 is 19.1 Å². The number of hydrogen-bond donors (Lipinski definition) is 0. The summed E-state index contributed by atoms with van der Waals surface area (Å²) < 4.78 is 66.7. The highest BCUT2D eigenvalue weighted by Gasteiger charge is 2.29. The Balaban J connectivity index is 1.77. The molecule has 206 valence electrons. The molecule has 0 saturated heterocycles. The molecule has 3 aromatic rings. The molecule has 2 heterocycles. The van der Waals surface area contributed by atoms with Gasteiger partial charge in [0.1, 0.15) is 12.4 Å². The van der Waals surface area contributed by atoms with Crippen molar-refractivity contribution in [2.24, 2.45) is 0 Å². The van der Waals surface area contributed by atoms with E-state index in [0.717, 1.165) is 0 Å². The number of ether oxygens (including phenoxy) is 3. The van der Waals surface area contributed by atoms with Crippen LogP contribution in [0.25, 0.3) is 11.0 Å². The summed E-state index contributed by atoms with van der Waals surface area (Å²) in [5.74, 6) is 0.0373. The number of imidazole rings is 1. The Hall–Kier alpha value is -3.68. The monoisotopic (exact) mass is 556 g/mol. The van der Waals surface area contributed by atoms with Crippen LogP contribution in [0.15, 0.2) is 41.7 Å². The van der Waals surface area contributed by atoms with Crippen LogP contribution in [0.2, 0.25) is 0 Å². The van der Waals surface area contributed by atoms with E-state index in [0.29, 0.717) is 22.3 Å². The summed E-state index contributed by atoms with van der Waals surface area (Å²) >= 11 is 0. The van der Waals surface area contributed by atoms with Gasteiger partial charge in [0.15, 0.2) is 6.61 Å². The van der Waals surface area contributed by atoms with Gasteiger partial charge in [-0.2, -0.15) is 13.2 Å². The first-order chi connectivity index (χ1) is 18.0. The first-order valence-corrected chi connectivity index (χ1v) is 12.9. The SMILES string of the molecule is CCOC(=O)OCCN(C)C(=O)n1c(S(=O)CCc2nccc(OCC(F)(F)F)c2C)nc2ccccc21. The molecule has 1 amide bonds. The van der Waals surface area contributed by atoms with Crippen LogP contribution >= 0.6 is 0 Å². The van der Waals surface area contributed by atoms with Gasteiger partial charge >= 0.3 is 18.4 Å². The molecule has 0 saturated carbocycles. The number of aromatic nitrogens is 3. The normalized spacial score (nSPS) is 12.3. The molecule has 0 spiro atoms. The van der Waals surface area contributed by atoms with E-state index in [2.05, 4.69) is 14.7 Å². The second kappa shape index (κ2) is 12.7. The van der Waals surface area contributed by atoms with Crippen molar-refractivity contribution in [2.45, 2.75) is 31.6 Å². The lowest BCUT2D eigenvalue weighted by Gasteiger charge is -2.19. The summed E-state index contributed by atoms with van der Waals surface area (Å²) in [6, 6.07) is 7.58. The number of benzene rings is 1. The highest BCUT2D eigenvalue weighted by molar-refractivity contribution is 7.84. The number of amides is 1. The number of alkyl halides is 3. The molecule has 14 heteroatoms. The summed E-state index contributed by atoms with van der Waals surface area (Å²) in [6.07, 6.45) is -3.87. The van der Waals surface area contributed by atoms with E-state index in [4.69, 9.17) is 9.47 Å². The standard InChI is InChI=1S/C24H27F3N4O6S/c1-4-35-23(33)36-13-12-30(3)22(32)31-19-8-6-5-7-18(19)29-21(31)38(34)14-10-17-16(2)20(9-11-28-17)37-15-24(25,26)27/h5-9,11H,4,10,12-15H2,1-3H3. The molecule has 1 atom stereocenters. The fraction of sp³-hybridized carbons (Fsp3) is 0.417. The molecule has 10 nitrogen and oxygen atoms in total. The molecule has 1 aromatic carbocycles. The number of carbonyl (C=O) groups excluding carboxylic acids is 2. The van der Waals surface area contributed by atoms with Crippen LogP contribution in [0.4, 0.5) is 22.8 Å². The molecule has 0 N–H and O–H groups in total. The number of halogens is 3. The van der Waals surface area contributed by atoms with E-state index < -0.39 is 35.8 Å². The van der Waals surface area contributed by atoms with Crippen LogP contribution in [0, 0.1) is 6.92 Å². The Kier molecular flexibility index (Phi) is 9.66. The van der Waals surface area contributed by atoms with E-state index in [9.17, 15) is 27.0 Å². The highest BCUT2D eigenvalue weighted by Crippen LogP contribution is 2.24. The number of aryl methyl sites for hydroxylation is 1. The summed E-state index contributed by atoms with van der Waals surface area (Å²) in [6.45, 7) is 1.87. The fourth-order valence-corrected chi connectivity index (χ4v) is 4.58. The number of pyridine rings is 1. The fourth-order valence-electron chi connectivity index (χ4n) is 3.44. The Morgan fingerprint density at radius 1 is 1.16 bits per heavy atom. The Morgan fingerprint density at radius 3 is 2.61 bits per heavy atom. The third-order valence-corrected chi connectivity index (χ3v) is 6.59. The van der Waals surface area contributed by atoms with E-state index in [1.54, 1.807) is 38.1 Å². The maximum absolute atomic E-state index is 13.3. The van der Waals surface area contributed by atoms with Gasteiger partial charge in [-0.3, -0.25) is 9.19 Å². The van der Waals surface area contributed by atoms with Crippen molar-refractivity contribution in [3.8, 4) is 5.75 Å². The molecule has 0 aliphatic carbocycles. The topological polar surface area (TPSA) is 113 Å². The lowest BCUT2D eigenvalue weighted by Crippen LogP contribution is -2.35. The van der Waals surface area contributed by atoms with Crippen LogP contribution in [0.3, 0.4) is 0 Å². The number of hydrogen-bond acceptors (Lipinski definition) is 8. The quantitative estimate of drug-likeness (QED) is 0.343. The van der Waals surface area contributed by atoms with Crippen molar-refractivity contribution in [3.05, 3.63) is 47.8 Å². The summed E-state index contributed by atoms with van der Waals surface area (Å²) in [5, 5.41) is 0.0106. The molecular weight excluding hydrogens is 529 g/mol. The molecule has 3 rings (SSSR count). The van der Waals surface area contributed by atoms with Crippen LogP contribution in [0.5, 0.6) is 5.75 Å². The zero-order valence-corrected chi connectivity index (χ0v) is 21.8. The molecule has 0 fully saturated rings. The lowest BCUT2D eigenvalue weighted by atomic mass is 10.1. The zero-order chi connectivity index (χ0) is 27.9. The molecule has 0 radical (unpaired) electrons. The summed E-state index contributed by atoms with van der Waals surface area (Å²) in [5.41, 5.74) is 1.72. The number of nitrogens with zero attached hydrogens (tertiary/aromatic N) is 4. The maximum atomic E-state index is 13.3. The van der Waals surface area contributed by atoms with Crippen molar-refractivity contribution in [1.29, 1.82) is 0 Å². The van der Waals surface area contributed by atoms with Crippen LogP contribution < -0.4 is 4.74 Å². The average molecular weight is 557 g/mol. The smallest absolute Gasteiger partial charge is 0.484 e. The van der Waals surface area contributed by atoms with Gasteiger partial charge in [0, 0.05) is 36.7 Å². The number of para-hydroxylation sites is 2. The van der Waals surface area contributed by atoms with Gasteiger partial charge in [0.25, 0.3) is 0 Å². The first kappa shape index (κ1) is 28.9. The number of rotatable bonds is 10. The van der Waals surface area contributed by atoms with Crippen molar-refractivity contribution in [2.75, 3.05) is 39.2 Å². The molecule has 0 aliphatic heterocycles. The minimum absolute atomic E-state index is 0.00283. The summed E-state index contributed by atoms with van der Waals surface area (Å²) in [4.78, 5) is 34.6. The van der Waals surface area contributed by atoms with E-state index in [1.807, 2.05) is 0 Å². The zero-order valence-electron chi connectivity index (χ0n) is 21.0. The molecule has 2 aromatic heterocycles. The largest absolute Gasteiger partial charge is 0.508 e. The van der Waals surface area contributed by atoms with Crippen LogP contribution in [0.1, 0.15) is 18.2 Å². The van der Waals surface area contributed by atoms with Crippen LogP contribution in [-0.4, -0.2) is 81.2 Å². The van der Waals surface area contributed by atoms with Gasteiger partial charge in [0.2, 0.25) is 5.16 Å². The predicted molar refractivity (Wildman–Crippen MR) is 132 cm³/mol. The Labute approximate surface area is 219 Å². The minimum Gasteiger partial charge on any atom is -0.484 e.